The predicted octanol–water partition coefficient (Wildman–Crippen LogP) is 1.93. The van der Waals surface area contributed by atoms with Crippen LogP contribution in [0.4, 0.5) is 5.69 Å². The quantitative estimate of drug-likeness (QED) is 0.812. The van der Waals surface area contributed by atoms with Gasteiger partial charge in [0.2, 0.25) is 0 Å². The van der Waals surface area contributed by atoms with Crippen molar-refractivity contribution in [2.24, 2.45) is 0 Å². The van der Waals surface area contributed by atoms with Crippen LogP contribution in [0.5, 0.6) is 0 Å². The van der Waals surface area contributed by atoms with Gasteiger partial charge in [0, 0.05) is 0 Å². The molecule has 1 N–H and O–H groups in total. The SMILES string of the molecule is c1cc(N2[C@@H]3CC[C@H]2COC3)c2nc[nH]c2c1. The van der Waals surface area contributed by atoms with E-state index in [0.29, 0.717) is 12.1 Å². The van der Waals surface area contributed by atoms with Gasteiger partial charge in [-0.2, -0.15) is 0 Å². The Morgan fingerprint density at radius 2 is 2.06 bits per heavy atom. The fourth-order valence-corrected chi connectivity index (χ4v) is 3.18. The molecule has 2 aromatic rings. The number of anilines is 1. The average molecular weight is 229 g/mol. The molecule has 2 fully saturated rings. The normalized spacial score (nSPS) is 27.9. The topological polar surface area (TPSA) is 41.1 Å². The molecule has 2 aliphatic rings. The van der Waals surface area contributed by atoms with Gasteiger partial charge in [-0.3, -0.25) is 0 Å². The van der Waals surface area contributed by atoms with E-state index in [1.54, 1.807) is 6.33 Å². The maximum atomic E-state index is 5.63. The Morgan fingerprint density at radius 1 is 1.24 bits per heavy atom. The highest BCUT2D eigenvalue weighted by atomic mass is 16.5. The molecule has 0 saturated carbocycles. The molecule has 2 aliphatic heterocycles. The van der Waals surface area contributed by atoms with Crippen LogP contribution >= 0.6 is 0 Å². The molecule has 0 amide bonds. The second kappa shape index (κ2) is 3.47. The van der Waals surface area contributed by atoms with Crippen LogP contribution in [0.25, 0.3) is 11.0 Å². The molecule has 4 nitrogen and oxygen atoms in total. The molecule has 2 saturated heterocycles. The number of H-pyrrole nitrogens is 1. The van der Waals surface area contributed by atoms with Crippen molar-refractivity contribution in [2.75, 3.05) is 18.1 Å². The molecule has 0 unspecified atom stereocenters. The van der Waals surface area contributed by atoms with Crippen molar-refractivity contribution in [1.29, 1.82) is 0 Å². The van der Waals surface area contributed by atoms with Crippen molar-refractivity contribution in [2.45, 2.75) is 24.9 Å². The zero-order chi connectivity index (χ0) is 11.2. The Kier molecular flexibility index (Phi) is 1.93. The number of para-hydroxylation sites is 1. The van der Waals surface area contributed by atoms with E-state index in [0.717, 1.165) is 24.2 Å². The monoisotopic (exact) mass is 229 g/mol. The van der Waals surface area contributed by atoms with Crippen LogP contribution in [0.3, 0.4) is 0 Å². The number of aromatic nitrogens is 2. The minimum Gasteiger partial charge on any atom is -0.377 e. The van der Waals surface area contributed by atoms with E-state index in [1.807, 2.05) is 0 Å². The molecular weight excluding hydrogens is 214 g/mol. The minimum atomic E-state index is 0.538. The third-order valence-corrected chi connectivity index (χ3v) is 3.95. The summed E-state index contributed by atoms with van der Waals surface area (Å²) in [6.45, 7) is 1.72. The molecule has 1 aromatic heterocycles. The number of morpholine rings is 1. The van der Waals surface area contributed by atoms with Crippen molar-refractivity contribution in [3.8, 4) is 0 Å². The van der Waals surface area contributed by atoms with Gasteiger partial charge in [0.25, 0.3) is 0 Å². The van der Waals surface area contributed by atoms with Crippen molar-refractivity contribution >= 4 is 16.7 Å². The predicted molar refractivity (Wildman–Crippen MR) is 66.2 cm³/mol. The van der Waals surface area contributed by atoms with Gasteiger partial charge in [-0.05, 0) is 25.0 Å². The third kappa shape index (κ3) is 1.30. The Hall–Kier alpha value is -1.55. The lowest BCUT2D eigenvalue weighted by molar-refractivity contribution is 0.0908. The first-order chi connectivity index (χ1) is 8.43. The van der Waals surface area contributed by atoms with Gasteiger partial charge in [0.1, 0.15) is 5.52 Å². The first-order valence-electron chi connectivity index (χ1n) is 6.21. The summed E-state index contributed by atoms with van der Waals surface area (Å²) in [6, 6.07) is 7.44. The van der Waals surface area contributed by atoms with E-state index >= 15 is 0 Å². The van der Waals surface area contributed by atoms with Gasteiger partial charge in [-0.25, -0.2) is 4.98 Å². The zero-order valence-corrected chi connectivity index (χ0v) is 9.60. The number of ether oxygens (including phenoxy) is 1. The number of rotatable bonds is 1. The first kappa shape index (κ1) is 9.48. The molecule has 1 aromatic carbocycles. The van der Waals surface area contributed by atoms with Gasteiger partial charge >= 0.3 is 0 Å². The number of fused-ring (bicyclic) bond motifs is 3. The van der Waals surface area contributed by atoms with Crippen LogP contribution in [-0.4, -0.2) is 35.3 Å². The van der Waals surface area contributed by atoms with Crippen LogP contribution in [0.2, 0.25) is 0 Å². The van der Waals surface area contributed by atoms with Gasteiger partial charge in [0.15, 0.2) is 0 Å². The number of nitrogens with zero attached hydrogens (tertiary/aromatic N) is 2. The van der Waals surface area contributed by atoms with E-state index in [4.69, 9.17) is 4.74 Å². The summed E-state index contributed by atoms with van der Waals surface area (Å²) >= 11 is 0. The Morgan fingerprint density at radius 3 is 2.88 bits per heavy atom. The first-order valence-corrected chi connectivity index (χ1v) is 6.21. The fraction of sp³-hybridized carbons (Fsp3) is 0.462. The van der Waals surface area contributed by atoms with Crippen molar-refractivity contribution in [3.63, 3.8) is 0 Å². The third-order valence-electron chi connectivity index (χ3n) is 3.95. The van der Waals surface area contributed by atoms with Gasteiger partial charge in [-0.15, -0.1) is 0 Å². The number of aromatic amines is 1. The van der Waals surface area contributed by atoms with Crippen molar-refractivity contribution in [3.05, 3.63) is 24.5 Å². The Balaban J connectivity index is 1.86. The number of hydrogen-bond acceptors (Lipinski definition) is 3. The summed E-state index contributed by atoms with van der Waals surface area (Å²) < 4.78 is 5.63. The largest absolute Gasteiger partial charge is 0.377 e. The molecule has 4 heteroatoms. The summed E-state index contributed by atoms with van der Waals surface area (Å²) in [5.74, 6) is 0. The molecular formula is C13H15N3O. The standard InChI is InChI=1S/C13H15N3O/c1-2-11-13(15-8-14-11)12(3-1)16-9-4-5-10(16)7-17-6-9/h1-3,8-10H,4-7H2,(H,14,15)/t9-,10+. The highest BCUT2D eigenvalue weighted by molar-refractivity contribution is 5.89. The zero-order valence-electron chi connectivity index (χ0n) is 9.60. The molecule has 3 heterocycles. The molecule has 0 aliphatic carbocycles. The molecule has 2 bridgehead atoms. The Bertz CT molecular complexity index is 534. The lowest BCUT2D eigenvalue weighted by Crippen LogP contribution is -2.46. The number of imidazole rings is 1. The van der Waals surface area contributed by atoms with E-state index in [1.165, 1.54) is 18.5 Å². The van der Waals surface area contributed by atoms with Crippen LogP contribution < -0.4 is 4.90 Å². The second-order valence-electron chi connectivity index (χ2n) is 4.91. The van der Waals surface area contributed by atoms with Gasteiger partial charge in [0.05, 0.1) is 42.8 Å². The smallest absolute Gasteiger partial charge is 0.112 e. The number of hydrogen-bond donors (Lipinski definition) is 1. The highest BCUT2D eigenvalue weighted by Gasteiger charge is 2.38. The molecule has 88 valence electrons. The summed E-state index contributed by atoms with van der Waals surface area (Å²) in [5.41, 5.74) is 3.47. The highest BCUT2D eigenvalue weighted by Crippen LogP contribution is 2.36. The van der Waals surface area contributed by atoms with Crippen LogP contribution in [0, 0.1) is 0 Å². The van der Waals surface area contributed by atoms with Crippen LogP contribution in [0.1, 0.15) is 12.8 Å². The molecule has 2 atom stereocenters. The van der Waals surface area contributed by atoms with Gasteiger partial charge < -0.3 is 14.6 Å². The fourth-order valence-electron chi connectivity index (χ4n) is 3.18. The maximum Gasteiger partial charge on any atom is 0.112 e. The van der Waals surface area contributed by atoms with Gasteiger partial charge in [-0.1, -0.05) is 6.07 Å². The van der Waals surface area contributed by atoms with Crippen LogP contribution in [-0.2, 0) is 4.74 Å². The lowest BCUT2D eigenvalue weighted by Gasteiger charge is -2.36. The number of nitrogens with one attached hydrogen (secondary N) is 1. The van der Waals surface area contributed by atoms with Crippen molar-refractivity contribution < 1.29 is 4.74 Å². The summed E-state index contributed by atoms with van der Waals surface area (Å²) in [4.78, 5) is 10.2. The molecule has 17 heavy (non-hydrogen) atoms. The molecule has 0 spiro atoms. The van der Waals surface area contributed by atoms with Crippen molar-refractivity contribution in [1.82, 2.24) is 9.97 Å². The summed E-state index contributed by atoms with van der Waals surface area (Å²) in [5, 5.41) is 0. The summed E-state index contributed by atoms with van der Waals surface area (Å²) in [6.07, 6.45) is 4.26. The minimum absolute atomic E-state index is 0.538. The van der Waals surface area contributed by atoms with E-state index in [2.05, 4.69) is 33.1 Å². The van der Waals surface area contributed by atoms with E-state index in [9.17, 15) is 0 Å². The molecule has 0 radical (unpaired) electrons. The second-order valence-corrected chi connectivity index (χ2v) is 4.91. The lowest BCUT2D eigenvalue weighted by atomic mass is 10.2. The van der Waals surface area contributed by atoms with E-state index in [-0.39, 0.29) is 0 Å². The van der Waals surface area contributed by atoms with Crippen LogP contribution in [0.15, 0.2) is 24.5 Å². The summed E-state index contributed by atoms with van der Waals surface area (Å²) in [7, 11) is 0. The Labute approximate surface area is 99.6 Å². The van der Waals surface area contributed by atoms with E-state index < -0.39 is 0 Å². The average Bonchev–Trinajstić information content (AvgIpc) is 2.92. The maximum absolute atomic E-state index is 5.63. The number of benzene rings is 1. The molecule has 4 rings (SSSR count).